The topological polar surface area (TPSA) is 37.1 Å². The molecule has 0 bridgehead atoms. The van der Waals surface area contributed by atoms with E-state index in [0.29, 0.717) is 4.90 Å². The molecule has 0 aliphatic carbocycles. The van der Waals surface area contributed by atoms with Gasteiger partial charge in [0.25, 0.3) is 0 Å². The molecule has 1 fully saturated rings. The highest BCUT2D eigenvalue weighted by Crippen LogP contribution is 2.52. The van der Waals surface area contributed by atoms with Crippen molar-refractivity contribution in [3.63, 3.8) is 0 Å². The first-order valence-electron chi connectivity index (χ1n) is 10.1. The van der Waals surface area contributed by atoms with E-state index in [2.05, 4.69) is 50.0 Å². The van der Waals surface area contributed by atoms with Gasteiger partial charge in [0.05, 0.1) is 19.0 Å². The highest BCUT2D eigenvalue weighted by molar-refractivity contribution is 7.89. The highest BCUT2D eigenvalue weighted by atomic mass is 32.2. The van der Waals surface area contributed by atoms with Gasteiger partial charge < -0.3 is 0 Å². The summed E-state index contributed by atoms with van der Waals surface area (Å²) < 4.78 is 29.4. The van der Waals surface area contributed by atoms with Gasteiger partial charge in [-0.05, 0) is 54.3 Å². The lowest BCUT2D eigenvalue weighted by Gasteiger charge is -2.17. The van der Waals surface area contributed by atoms with Crippen LogP contribution in [0.1, 0.15) is 28.3 Å². The SMILES string of the molecule is Cc1cc(C)c(S(=O)(=O)N2[C@H](c3ccc4ccccc4c3)[C@@H]2[Si](C)(C)C)c(C)c1. The molecule has 152 valence electrons. The molecule has 3 nitrogen and oxygen atoms in total. The second-order valence-corrected chi connectivity index (χ2v) is 16.5. The van der Waals surface area contributed by atoms with Crippen LogP contribution in [0.3, 0.4) is 0 Å². The molecule has 0 radical (unpaired) electrons. The molecule has 0 amide bonds. The van der Waals surface area contributed by atoms with Crippen molar-refractivity contribution in [2.45, 2.75) is 57.0 Å². The van der Waals surface area contributed by atoms with Gasteiger partial charge in [-0.3, -0.25) is 0 Å². The summed E-state index contributed by atoms with van der Waals surface area (Å²) in [5.41, 5.74) is 3.94. The van der Waals surface area contributed by atoms with Gasteiger partial charge in [0, 0.05) is 5.67 Å². The summed E-state index contributed by atoms with van der Waals surface area (Å²) in [6.45, 7) is 12.6. The molecule has 29 heavy (non-hydrogen) atoms. The number of rotatable bonds is 4. The van der Waals surface area contributed by atoms with Crippen LogP contribution in [0.5, 0.6) is 0 Å². The summed E-state index contributed by atoms with van der Waals surface area (Å²) in [4.78, 5) is 0.481. The Morgan fingerprint density at radius 3 is 2.00 bits per heavy atom. The average molecular weight is 424 g/mol. The first-order chi connectivity index (χ1) is 13.5. The Bertz CT molecular complexity index is 1190. The third-order valence-electron chi connectivity index (χ3n) is 5.90. The summed E-state index contributed by atoms with van der Waals surface area (Å²) in [7, 11) is -5.30. The third kappa shape index (κ3) is 3.45. The standard InChI is InChI=1S/C24H29NO2SSi/c1-16-13-17(2)23(18(3)14-16)28(26,27)25-22(24(25)29(4,5)6)21-12-11-19-9-7-8-10-20(19)15-21/h7-15,22,24H,1-6H3/t22-,24+,25?/m1/s1. The molecule has 3 aromatic rings. The molecule has 0 aromatic heterocycles. The van der Waals surface area contributed by atoms with E-state index in [1.165, 1.54) is 5.39 Å². The Kier molecular flexibility index (Phi) is 4.76. The van der Waals surface area contributed by atoms with Gasteiger partial charge in [-0.15, -0.1) is 0 Å². The van der Waals surface area contributed by atoms with Crippen molar-refractivity contribution in [1.82, 2.24) is 4.31 Å². The van der Waals surface area contributed by atoms with Crippen molar-refractivity contribution in [2.75, 3.05) is 0 Å². The number of fused-ring (bicyclic) bond motifs is 1. The van der Waals surface area contributed by atoms with E-state index in [9.17, 15) is 8.42 Å². The van der Waals surface area contributed by atoms with Crippen molar-refractivity contribution in [1.29, 1.82) is 0 Å². The summed E-state index contributed by atoms with van der Waals surface area (Å²) in [6, 6.07) is 18.5. The first-order valence-corrected chi connectivity index (χ1v) is 15.1. The lowest BCUT2D eigenvalue weighted by molar-refractivity contribution is 0.550. The first kappa shape index (κ1) is 20.3. The minimum Gasteiger partial charge on any atom is -0.207 e. The second-order valence-electron chi connectivity index (χ2n) is 9.43. The lowest BCUT2D eigenvalue weighted by atomic mass is 10.1. The monoisotopic (exact) mass is 423 g/mol. The summed E-state index contributed by atoms with van der Waals surface area (Å²) in [5.74, 6) is 0. The van der Waals surface area contributed by atoms with Crippen LogP contribution in [-0.4, -0.2) is 26.5 Å². The molecule has 0 N–H and O–H groups in total. The van der Waals surface area contributed by atoms with Crippen molar-refractivity contribution in [2.24, 2.45) is 0 Å². The van der Waals surface area contributed by atoms with Crippen LogP contribution in [0.2, 0.25) is 19.6 Å². The molecule has 0 spiro atoms. The average Bonchev–Trinajstić information content (AvgIpc) is 3.37. The van der Waals surface area contributed by atoms with E-state index >= 15 is 0 Å². The number of benzene rings is 3. The van der Waals surface area contributed by atoms with Gasteiger partial charge in [-0.1, -0.05) is 73.7 Å². The van der Waals surface area contributed by atoms with Crippen molar-refractivity contribution < 1.29 is 8.42 Å². The fraction of sp³-hybridized carbons (Fsp3) is 0.333. The zero-order valence-electron chi connectivity index (χ0n) is 18.0. The minimum atomic E-state index is -3.56. The molecule has 1 aliphatic rings. The maximum absolute atomic E-state index is 13.8. The van der Waals surface area contributed by atoms with Gasteiger partial charge in [-0.2, -0.15) is 4.31 Å². The third-order valence-corrected chi connectivity index (χ3v) is 10.6. The van der Waals surface area contributed by atoms with Crippen LogP contribution in [0.15, 0.2) is 59.5 Å². The van der Waals surface area contributed by atoms with Gasteiger partial charge in [0.1, 0.15) is 0 Å². The number of sulfonamides is 1. The molecule has 1 aliphatic heterocycles. The zero-order chi connectivity index (χ0) is 21.1. The molecule has 0 saturated carbocycles. The van der Waals surface area contributed by atoms with Crippen LogP contribution in [0.25, 0.3) is 10.8 Å². The summed E-state index contributed by atoms with van der Waals surface area (Å²) >= 11 is 0. The Balaban J connectivity index is 1.83. The molecule has 1 saturated heterocycles. The summed E-state index contributed by atoms with van der Waals surface area (Å²) in [6.07, 6.45) is 0. The van der Waals surface area contributed by atoms with Crippen molar-refractivity contribution >= 4 is 28.9 Å². The summed E-state index contributed by atoms with van der Waals surface area (Å²) in [5, 5.41) is 2.34. The number of nitrogens with zero attached hydrogens (tertiary/aromatic N) is 1. The van der Waals surface area contributed by atoms with E-state index in [1.807, 2.05) is 45.0 Å². The molecule has 5 heteroatoms. The zero-order valence-corrected chi connectivity index (χ0v) is 19.8. The smallest absolute Gasteiger partial charge is 0.207 e. The highest BCUT2D eigenvalue weighted by Gasteiger charge is 2.61. The van der Waals surface area contributed by atoms with Crippen LogP contribution in [-0.2, 0) is 10.0 Å². The molecular weight excluding hydrogens is 394 g/mol. The molecular formula is C24H29NO2SSi. The molecule has 1 heterocycles. The van der Waals surface area contributed by atoms with E-state index in [4.69, 9.17) is 0 Å². The number of hydrogen-bond acceptors (Lipinski definition) is 2. The predicted molar refractivity (Wildman–Crippen MR) is 124 cm³/mol. The van der Waals surface area contributed by atoms with Gasteiger partial charge in [0.15, 0.2) is 0 Å². The van der Waals surface area contributed by atoms with E-state index in [-0.39, 0.29) is 11.7 Å². The van der Waals surface area contributed by atoms with E-state index < -0.39 is 18.1 Å². The predicted octanol–water partition coefficient (Wildman–Crippen LogP) is 5.76. The van der Waals surface area contributed by atoms with Crippen LogP contribution in [0.4, 0.5) is 0 Å². The van der Waals surface area contributed by atoms with E-state index in [1.54, 1.807) is 4.31 Å². The quantitative estimate of drug-likeness (QED) is 0.395. The largest absolute Gasteiger partial charge is 0.244 e. The van der Waals surface area contributed by atoms with Crippen LogP contribution < -0.4 is 0 Å². The molecule has 3 aromatic carbocycles. The Labute approximate surface area is 175 Å². The normalized spacial score (nSPS) is 22.1. The van der Waals surface area contributed by atoms with Gasteiger partial charge >= 0.3 is 0 Å². The maximum Gasteiger partial charge on any atom is 0.244 e. The fourth-order valence-electron chi connectivity index (χ4n) is 4.77. The van der Waals surface area contributed by atoms with Gasteiger partial charge in [0.2, 0.25) is 10.0 Å². The second kappa shape index (κ2) is 6.79. The fourth-order valence-corrected chi connectivity index (χ4v) is 10.4. The molecule has 1 unspecified atom stereocenters. The minimum absolute atomic E-state index is 0.0728. The Morgan fingerprint density at radius 1 is 0.828 bits per heavy atom. The van der Waals surface area contributed by atoms with Gasteiger partial charge in [-0.25, -0.2) is 8.42 Å². The molecule has 3 atom stereocenters. The molecule has 4 rings (SSSR count). The number of aryl methyl sites for hydroxylation is 3. The Morgan fingerprint density at radius 2 is 1.41 bits per heavy atom. The van der Waals surface area contributed by atoms with E-state index in [0.717, 1.165) is 27.6 Å². The van der Waals surface area contributed by atoms with Crippen LogP contribution >= 0.6 is 0 Å². The maximum atomic E-state index is 13.8. The Hall–Kier alpha value is -1.95. The van der Waals surface area contributed by atoms with Crippen molar-refractivity contribution in [3.8, 4) is 0 Å². The van der Waals surface area contributed by atoms with Crippen molar-refractivity contribution in [3.05, 3.63) is 76.9 Å². The lowest BCUT2D eigenvalue weighted by Crippen LogP contribution is -2.33. The number of hydrogen-bond donors (Lipinski definition) is 0. The van der Waals surface area contributed by atoms with Crippen LogP contribution in [0, 0.1) is 20.8 Å².